The lowest BCUT2D eigenvalue weighted by atomic mass is 9.84. The van der Waals surface area contributed by atoms with Crippen molar-refractivity contribution in [3.8, 4) is 0 Å². The summed E-state index contributed by atoms with van der Waals surface area (Å²) in [6.45, 7) is 7.04. The van der Waals surface area contributed by atoms with E-state index in [4.69, 9.17) is 5.21 Å². The maximum atomic E-state index is 11.3. The van der Waals surface area contributed by atoms with E-state index in [0.717, 1.165) is 19.6 Å². The number of benzene rings is 1. The van der Waals surface area contributed by atoms with Gasteiger partial charge in [-0.2, -0.15) is 0 Å². The predicted molar refractivity (Wildman–Crippen MR) is 79.9 cm³/mol. The number of nitrogens with zero attached hydrogens (tertiary/aromatic N) is 2. The molecule has 0 saturated carbocycles. The Morgan fingerprint density at radius 2 is 1.90 bits per heavy atom. The van der Waals surface area contributed by atoms with Gasteiger partial charge in [-0.3, -0.25) is 14.9 Å². The van der Waals surface area contributed by atoms with Gasteiger partial charge in [0, 0.05) is 31.7 Å². The van der Waals surface area contributed by atoms with Crippen molar-refractivity contribution in [3.05, 3.63) is 35.9 Å². The highest BCUT2D eigenvalue weighted by Gasteiger charge is 2.31. The number of hydrogen-bond acceptors (Lipinski definition) is 4. The van der Waals surface area contributed by atoms with Gasteiger partial charge in [0.15, 0.2) is 0 Å². The molecule has 0 unspecified atom stereocenters. The third-order valence-corrected chi connectivity index (χ3v) is 3.88. The Kier molecular flexibility index (Phi) is 5.17. The number of amides is 1. The van der Waals surface area contributed by atoms with Crippen LogP contribution in [0.2, 0.25) is 0 Å². The molecule has 0 aromatic heterocycles. The van der Waals surface area contributed by atoms with E-state index in [2.05, 4.69) is 47.8 Å². The number of carbonyl (C=O) groups excluding carboxylic acids is 1. The summed E-state index contributed by atoms with van der Waals surface area (Å²) < 4.78 is 0. The van der Waals surface area contributed by atoms with Crippen LogP contribution in [0.15, 0.2) is 30.3 Å². The summed E-state index contributed by atoms with van der Waals surface area (Å²) in [5.74, 6) is -0.347. The van der Waals surface area contributed by atoms with E-state index in [1.165, 1.54) is 5.56 Å². The van der Waals surface area contributed by atoms with Gasteiger partial charge in [0.05, 0.1) is 0 Å². The summed E-state index contributed by atoms with van der Waals surface area (Å²) in [4.78, 5) is 15.9. The minimum absolute atomic E-state index is 0.248. The molecule has 1 amide bonds. The van der Waals surface area contributed by atoms with Crippen LogP contribution in [0.3, 0.4) is 0 Å². The highest BCUT2D eigenvalue weighted by molar-refractivity contribution is 6.71. The Balaban J connectivity index is 1.93. The van der Waals surface area contributed by atoms with E-state index in [1.54, 1.807) is 5.48 Å². The van der Waals surface area contributed by atoms with E-state index in [0.29, 0.717) is 12.1 Å². The van der Waals surface area contributed by atoms with Crippen LogP contribution in [-0.4, -0.2) is 53.3 Å². The molecule has 0 spiro atoms. The van der Waals surface area contributed by atoms with Crippen LogP contribution < -0.4 is 5.48 Å². The third kappa shape index (κ3) is 3.82. The fraction of sp³-hybridized carbons (Fsp3) is 0.500. The monoisotopic (exact) mass is 275 g/mol. The van der Waals surface area contributed by atoms with Gasteiger partial charge in [-0.1, -0.05) is 30.3 Å². The number of nitrogens with one attached hydrogen (secondary N) is 1. The van der Waals surface area contributed by atoms with Crippen LogP contribution in [0, 0.1) is 0 Å². The molecule has 5 nitrogen and oxygen atoms in total. The number of rotatable bonds is 4. The Hall–Kier alpha value is -1.37. The van der Waals surface area contributed by atoms with E-state index in [9.17, 15) is 4.79 Å². The maximum Gasteiger partial charge on any atom is 0.317 e. The van der Waals surface area contributed by atoms with Gasteiger partial charge in [-0.25, -0.2) is 5.48 Å². The van der Waals surface area contributed by atoms with Gasteiger partial charge in [0.1, 0.15) is 0 Å². The van der Waals surface area contributed by atoms with Crippen molar-refractivity contribution >= 4 is 13.2 Å². The summed E-state index contributed by atoms with van der Waals surface area (Å²) in [6.07, 6.45) is 0. The van der Waals surface area contributed by atoms with Gasteiger partial charge < -0.3 is 4.81 Å². The molecule has 1 aliphatic heterocycles. The molecule has 1 aliphatic rings. The second-order valence-corrected chi connectivity index (χ2v) is 5.59. The second-order valence-electron chi connectivity index (χ2n) is 5.59. The molecule has 0 aliphatic carbocycles. The van der Waals surface area contributed by atoms with Crippen LogP contribution in [-0.2, 0) is 6.54 Å². The molecule has 108 valence electrons. The normalized spacial score (nSPS) is 24.4. The van der Waals surface area contributed by atoms with Crippen molar-refractivity contribution in [1.82, 2.24) is 15.2 Å². The topological polar surface area (TPSA) is 55.8 Å². The third-order valence-electron chi connectivity index (χ3n) is 3.88. The van der Waals surface area contributed by atoms with E-state index in [-0.39, 0.29) is 13.2 Å². The van der Waals surface area contributed by atoms with Gasteiger partial charge in [0.2, 0.25) is 5.81 Å². The molecule has 1 aromatic carbocycles. The van der Waals surface area contributed by atoms with Gasteiger partial charge in [-0.05, 0) is 19.4 Å². The Morgan fingerprint density at radius 3 is 2.45 bits per heavy atom. The van der Waals surface area contributed by atoms with Crippen molar-refractivity contribution in [3.63, 3.8) is 0 Å². The zero-order chi connectivity index (χ0) is 14.5. The van der Waals surface area contributed by atoms with Gasteiger partial charge in [0.25, 0.3) is 0 Å². The van der Waals surface area contributed by atoms with Crippen molar-refractivity contribution in [1.29, 1.82) is 0 Å². The maximum absolute atomic E-state index is 11.3. The fourth-order valence-electron chi connectivity index (χ4n) is 2.95. The average molecular weight is 275 g/mol. The van der Waals surface area contributed by atoms with Crippen molar-refractivity contribution in [2.45, 2.75) is 32.5 Å². The summed E-state index contributed by atoms with van der Waals surface area (Å²) >= 11 is 0. The molecule has 2 N–H and O–H groups in total. The number of hydroxylamine groups is 1. The molecule has 1 fully saturated rings. The lowest BCUT2D eigenvalue weighted by molar-refractivity contribution is 0.0945. The molecular weight excluding hydrogens is 253 g/mol. The predicted octanol–water partition coefficient (Wildman–Crippen LogP) is 1.03. The highest BCUT2D eigenvalue weighted by Crippen LogP contribution is 2.16. The molecule has 6 heteroatoms. The summed E-state index contributed by atoms with van der Waals surface area (Å²) in [7, 11) is 0.248. The van der Waals surface area contributed by atoms with Crippen molar-refractivity contribution in [2.24, 2.45) is 0 Å². The minimum atomic E-state index is -0.347. The van der Waals surface area contributed by atoms with Gasteiger partial charge in [-0.15, -0.1) is 0 Å². The molecule has 0 radical (unpaired) electrons. The van der Waals surface area contributed by atoms with Crippen LogP contribution in [0.1, 0.15) is 19.4 Å². The Morgan fingerprint density at radius 1 is 1.30 bits per heavy atom. The van der Waals surface area contributed by atoms with Crippen molar-refractivity contribution in [2.75, 3.05) is 13.1 Å². The number of carbonyl (C=O) groups is 1. The summed E-state index contributed by atoms with van der Waals surface area (Å²) in [5, 5.41) is 8.65. The summed E-state index contributed by atoms with van der Waals surface area (Å²) in [6, 6.07) is 11.0. The Bertz CT molecular complexity index is 431. The molecule has 0 bridgehead atoms. The lowest BCUT2D eigenvalue weighted by Crippen LogP contribution is -2.59. The van der Waals surface area contributed by atoms with E-state index >= 15 is 0 Å². The zero-order valence-electron chi connectivity index (χ0n) is 12.1. The molecule has 2 atom stereocenters. The van der Waals surface area contributed by atoms with Crippen LogP contribution in [0.25, 0.3) is 0 Å². The fourth-order valence-corrected chi connectivity index (χ4v) is 2.95. The molecule has 1 saturated heterocycles. The molecule has 2 rings (SSSR count). The molecule has 1 aromatic rings. The number of piperazine rings is 1. The first-order valence-corrected chi connectivity index (χ1v) is 7.05. The SMILES string of the molecule is C[C@@H]1CN(Cc2ccccc2)C[C@H](C)N1BC(=O)NO. The smallest absolute Gasteiger partial charge is 0.317 e. The second kappa shape index (κ2) is 6.88. The molecule has 1 heterocycles. The standard InChI is InChI=1S/C14H22BN3O2/c1-11-8-17(10-13-6-4-3-5-7-13)9-12(2)18(11)15-14(19)16-20/h3-7,11-12,15,20H,8-10H2,1-2H3,(H,16,19)/t11-,12+. The number of hydrogen-bond donors (Lipinski definition) is 2. The van der Waals surface area contributed by atoms with Crippen LogP contribution in [0.5, 0.6) is 0 Å². The first-order valence-electron chi connectivity index (χ1n) is 7.05. The first kappa shape index (κ1) is 15.0. The zero-order valence-corrected chi connectivity index (χ0v) is 12.1. The highest BCUT2D eigenvalue weighted by atomic mass is 16.5. The van der Waals surface area contributed by atoms with Crippen LogP contribution >= 0.6 is 0 Å². The summed E-state index contributed by atoms with van der Waals surface area (Å²) in [5.41, 5.74) is 3.02. The average Bonchev–Trinajstić information content (AvgIpc) is 2.43. The van der Waals surface area contributed by atoms with Gasteiger partial charge >= 0.3 is 7.41 Å². The van der Waals surface area contributed by atoms with Crippen LogP contribution in [0.4, 0.5) is 4.79 Å². The quantitative estimate of drug-likeness (QED) is 0.489. The Labute approximate surface area is 120 Å². The first-order chi connectivity index (χ1) is 9.60. The lowest BCUT2D eigenvalue weighted by Gasteiger charge is -2.44. The van der Waals surface area contributed by atoms with E-state index < -0.39 is 0 Å². The minimum Gasteiger partial charge on any atom is -0.329 e. The molecular formula is C14H22BN3O2. The molecule has 20 heavy (non-hydrogen) atoms. The van der Waals surface area contributed by atoms with E-state index in [1.807, 2.05) is 6.07 Å². The largest absolute Gasteiger partial charge is 0.329 e. The van der Waals surface area contributed by atoms with Crippen molar-refractivity contribution < 1.29 is 10.0 Å².